The number of benzene rings is 1. The lowest BCUT2D eigenvalue weighted by Crippen LogP contribution is -2.46. The van der Waals surface area contributed by atoms with Crippen LogP contribution in [-0.4, -0.2) is 35.1 Å². The molecule has 1 heterocycles. The van der Waals surface area contributed by atoms with Crippen LogP contribution >= 0.6 is 23.2 Å². The molecule has 2 amide bonds. The van der Waals surface area contributed by atoms with Gasteiger partial charge in [-0.2, -0.15) is 0 Å². The molecule has 1 aromatic carbocycles. The number of carboxylic acid groups (broad SMARTS) is 1. The van der Waals surface area contributed by atoms with Gasteiger partial charge in [0.05, 0.1) is 22.0 Å². The van der Waals surface area contributed by atoms with Crippen molar-refractivity contribution in [2.75, 3.05) is 13.1 Å². The fourth-order valence-electron chi connectivity index (χ4n) is 2.54. The minimum absolute atomic E-state index is 0.215. The first-order chi connectivity index (χ1) is 10.4. The van der Waals surface area contributed by atoms with Crippen LogP contribution in [0.3, 0.4) is 0 Å². The maximum Gasteiger partial charge on any atom is 0.317 e. The predicted octanol–water partition coefficient (Wildman–Crippen LogP) is 3.56. The van der Waals surface area contributed by atoms with Crippen molar-refractivity contribution in [1.82, 2.24) is 10.2 Å². The number of carboxylic acids is 1. The molecule has 0 spiro atoms. The van der Waals surface area contributed by atoms with Crippen molar-refractivity contribution >= 4 is 35.2 Å². The molecule has 0 aromatic heterocycles. The first-order valence-corrected chi connectivity index (χ1v) is 7.88. The van der Waals surface area contributed by atoms with E-state index >= 15 is 0 Å². The SMILES string of the molecule is CC(NC(=O)N1CCC(C(=O)O)CC1)c1cccc(Cl)c1Cl. The molecule has 1 saturated heterocycles. The number of hydrogen-bond acceptors (Lipinski definition) is 2. The molecule has 2 N–H and O–H groups in total. The molecular formula is C15H18Cl2N2O3. The zero-order valence-corrected chi connectivity index (χ0v) is 13.7. The fraction of sp³-hybridized carbons (Fsp3) is 0.467. The largest absolute Gasteiger partial charge is 0.481 e. The lowest BCUT2D eigenvalue weighted by atomic mass is 9.97. The van der Waals surface area contributed by atoms with Crippen LogP contribution in [0, 0.1) is 5.92 Å². The Morgan fingerprint density at radius 3 is 2.55 bits per heavy atom. The van der Waals surface area contributed by atoms with E-state index in [1.165, 1.54) is 0 Å². The fourth-order valence-corrected chi connectivity index (χ4v) is 3.01. The van der Waals surface area contributed by atoms with Crippen LogP contribution < -0.4 is 5.32 Å². The number of hydrogen-bond donors (Lipinski definition) is 2. The minimum Gasteiger partial charge on any atom is -0.481 e. The first kappa shape index (κ1) is 16.9. The molecule has 1 fully saturated rings. The van der Waals surface area contributed by atoms with Gasteiger partial charge >= 0.3 is 12.0 Å². The van der Waals surface area contributed by atoms with Crippen LogP contribution in [-0.2, 0) is 4.79 Å². The molecule has 1 aliphatic heterocycles. The Morgan fingerprint density at radius 2 is 1.95 bits per heavy atom. The Hall–Kier alpha value is -1.46. The van der Waals surface area contributed by atoms with Crippen molar-refractivity contribution < 1.29 is 14.7 Å². The molecule has 0 saturated carbocycles. The van der Waals surface area contributed by atoms with Gasteiger partial charge in [0.25, 0.3) is 0 Å². The monoisotopic (exact) mass is 344 g/mol. The highest BCUT2D eigenvalue weighted by Gasteiger charge is 2.27. The summed E-state index contributed by atoms with van der Waals surface area (Å²) >= 11 is 12.1. The van der Waals surface area contributed by atoms with Gasteiger partial charge in [0.1, 0.15) is 0 Å². The van der Waals surface area contributed by atoms with Gasteiger partial charge in [-0.25, -0.2) is 4.79 Å². The number of urea groups is 1. The van der Waals surface area contributed by atoms with Crippen LogP contribution in [0.4, 0.5) is 4.79 Å². The van der Waals surface area contributed by atoms with Crippen LogP contribution in [0.1, 0.15) is 31.4 Å². The van der Waals surface area contributed by atoms with Gasteiger partial charge in [-0.05, 0) is 31.4 Å². The number of nitrogens with zero attached hydrogens (tertiary/aromatic N) is 1. The third kappa shape index (κ3) is 3.84. The van der Waals surface area contributed by atoms with Gasteiger partial charge < -0.3 is 15.3 Å². The molecule has 1 atom stereocenters. The molecule has 1 aromatic rings. The van der Waals surface area contributed by atoms with E-state index in [4.69, 9.17) is 28.3 Å². The van der Waals surface area contributed by atoms with Gasteiger partial charge in [0, 0.05) is 13.1 Å². The third-order valence-corrected chi connectivity index (χ3v) is 4.75. The quantitative estimate of drug-likeness (QED) is 0.880. The molecule has 0 bridgehead atoms. The Bertz CT molecular complexity index is 572. The van der Waals surface area contributed by atoms with Crippen LogP contribution in [0.5, 0.6) is 0 Å². The van der Waals surface area contributed by atoms with Crippen molar-refractivity contribution in [3.8, 4) is 0 Å². The number of carbonyl (C=O) groups excluding carboxylic acids is 1. The minimum atomic E-state index is -0.792. The van der Waals surface area contributed by atoms with E-state index in [0.29, 0.717) is 36.0 Å². The number of amides is 2. The molecule has 0 radical (unpaired) electrons. The molecule has 0 aliphatic carbocycles. The molecule has 1 aliphatic rings. The molecule has 5 nitrogen and oxygen atoms in total. The summed E-state index contributed by atoms with van der Waals surface area (Å²) in [6.07, 6.45) is 0.962. The number of halogens is 2. The maximum absolute atomic E-state index is 12.2. The van der Waals surface area contributed by atoms with E-state index in [1.807, 2.05) is 13.0 Å². The second kappa shape index (κ2) is 7.20. The Labute approximate surface area is 139 Å². The average Bonchev–Trinajstić information content (AvgIpc) is 2.50. The lowest BCUT2D eigenvalue weighted by Gasteiger charge is -2.31. The van der Waals surface area contributed by atoms with E-state index < -0.39 is 5.97 Å². The summed E-state index contributed by atoms with van der Waals surface area (Å²) in [5, 5.41) is 12.7. The third-order valence-electron chi connectivity index (χ3n) is 3.92. The van der Waals surface area contributed by atoms with Crippen molar-refractivity contribution in [2.45, 2.75) is 25.8 Å². The van der Waals surface area contributed by atoms with Crippen LogP contribution in [0.25, 0.3) is 0 Å². The lowest BCUT2D eigenvalue weighted by molar-refractivity contribution is -0.143. The van der Waals surface area contributed by atoms with Gasteiger partial charge in [-0.1, -0.05) is 35.3 Å². The van der Waals surface area contributed by atoms with E-state index in [9.17, 15) is 9.59 Å². The van der Waals surface area contributed by atoms with Crippen molar-refractivity contribution in [3.63, 3.8) is 0 Å². The molecule has 120 valence electrons. The number of piperidine rings is 1. The molecule has 1 unspecified atom stereocenters. The second-order valence-corrected chi connectivity index (χ2v) is 6.20. The van der Waals surface area contributed by atoms with Gasteiger partial charge in [-0.3, -0.25) is 4.79 Å². The molecular weight excluding hydrogens is 327 g/mol. The Morgan fingerprint density at radius 1 is 1.32 bits per heavy atom. The summed E-state index contributed by atoms with van der Waals surface area (Å²) in [7, 11) is 0. The summed E-state index contributed by atoms with van der Waals surface area (Å²) in [5.41, 5.74) is 0.753. The second-order valence-electron chi connectivity index (χ2n) is 5.41. The van der Waals surface area contributed by atoms with Crippen molar-refractivity contribution in [1.29, 1.82) is 0 Å². The standard InChI is InChI=1S/C15H18Cl2N2O3/c1-9(11-3-2-4-12(16)13(11)17)18-15(22)19-7-5-10(6-8-19)14(20)21/h2-4,9-10H,5-8H2,1H3,(H,18,22)(H,20,21). The normalized spacial score (nSPS) is 17.1. The first-order valence-electron chi connectivity index (χ1n) is 7.12. The number of carbonyl (C=O) groups is 2. The Kier molecular flexibility index (Phi) is 5.53. The highest BCUT2D eigenvalue weighted by Crippen LogP contribution is 2.30. The summed E-state index contributed by atoms with van der Waals surface area (Å²) < 4.78 is 0. The van der Waals surface area contributed by atoms with Crippen molar-refractivity contribution in [3.05, 3.63) is 33.8 Å². The van der Waals surface area contributed by atoms with Gasteiger partial charge in [0.2, 0.25) is 0 Å². The van der Waals surface area contributed by atoms with E-state index in [-0.39, 0.29) is 18.0 Å². The average molecular weight is 345 g/mol. The molecule has 22 heavy (non-hydrogen) atoms. The summed E-state index contributed by atoms with van der Waals surface area (Å²) in [6.45, 7) is 2.72. The number of rotatable bonds is 3. The van der Waals surface area contributed by atoms with E-state index in [2.05, 4.69) is 5.32 Å². The van der Waals surface area contributed by atoms with Crippen LogP contribution in [0.2, 0.25) is 10.0 Å². The molecule has 7 heteroatoms. The van der Waals surface area contributed by atoms with Gasteiger partial charge in [0.15, 0.2) is 0 Å². The predicted molar refractivity (Wildman–Crippen MR) is 85.3 cm³/mol. The topological polar surface area (TPSA) is 69.6 Å². The zero-order valence-electron chi connectivity index (χ0n) is 12.2. The number of likely N-dealkylation sites (tertiary alicyclic amines) is 1. The summed E-state index contributed by atoms with van der Waals surface area (Å²) in [4.78, 5) is 24.8. The number of nitrogens with one attached hydrogen (secondary N) is 1. The van der Waals surface area contributed by atoms with Crippen molar-refractivity contribution in [2.24, 2.45) is 5.92 Å². The van der Waals surface area contributed by atoms with Gasteiger partial charge in [-0.15, -0.1) is 0 Å². The summed E-state index contributed by atoms with van der Waals surface area (Å²) in [6, 6.07) is 4.79. The molecule has 2 rings (SSSR count). The maximum atomic E-state index is 12.2. The smallest absolute Gasteiger partial charge is 0.317 e. The zero-order chi connectivity index (χ0) is 16.3. The number of aliphatic carboxylic acids is 1. The van der Waals surface area contributed by atoms with Crippen LogP contribution in [0.15, 0.2) is 18.2 Å². The van der Waals surface area contributed by atoms with E-state index in [1.54, 1.807) is 17.0 Å². The Balaban J connectivity index is 1.95. The highest BCUT2D eigenvalue weighted by molar-refractivity contribution is 6.42. The summed E-state index contributed by atoms with van der Waals surface area (Å²) in [5.74, 6) is -1.15. The highest BCUT2D eigenvalue weighted by atomic mass is 35.5. The van der Waals surface area contributed by atoms with E-state index in [0.717, 1.165) is 5.56 Å².